The summed E-state index contributed by atoms with van der Waals surface area (Å²) in [6.45, 7) is 5.57. The van der Waals surface area contributed by atoms with E-state index in [1.807, 2.05) is 13.8 Å². The zero-order valence-electron chi connectivity index (χ0n) is 7.59. The highest BCUT2D eigenvalue weighted by Crippen LogP contribution is 2.30. The second-order valence-electron chi connectivity index (χ2n) is 3.71. The predicted molar refractivity (Wildman–Crippen MR) is 41.8 cm³/mol. The lowest BCUT2D eigenvalue weighted by Gasteiger charge is -2.40. The fourth-order valence-electron chi connectivity index (χ4n) is 1.20. The maximum absolute atomic E-state index is 10.7. The van der Waals surface area contributed by atoms with Crippen molar-refractivity contribution < 1.29 is 19.4 Å². The van der Waals surface area contributed by atoms with Crippen molar-refractivity contribution in [2.24, 2.45) is 0 Å². The number of carboxylic acid groups (broad SMARTS) is 1. The van der Waals surface area contributed by atoms with Crippen molar-refractivity contribution in [3.63, 3.8) is 0 Å². The van der Waals surface area contributed by atoms with Crippen LogP contribution in [-0.4, -0.2) is 29.1 Å². The molecule has 0 aliphatic carbocycles. The van der Waals surface area contributed by atoms with Gasteiger partial charge in [-0.25, -0.2) is 4.79 Å². The third-order valence-corrected chi connectivity index (χ3v) is 1.94. The Hall–Kier alpha value is -0.610. The van der Waals surface area contributed by atoms with E-state index in [0.29, 0.717) is 6.61 Å². The minimum atomic E-state index is -1.47. The van der Waals surface area contributed by atoms with Gasteiger partial charge in [-0.15, -0.1) is 0 Å². The summed E-state index contributed by atoms with van der Waals surface area (Å²) >= 11 is 0. The third-order valence-electron chi connectivity index (χ3n) is 1.94. The van der Waals surface area contributed by atoms with Crippen LogP contribution < -0.4 is 0 Å². The SMILES string of the molecule is CC1(C)CCOC(C)(C(=O)O)O1. The third kappa shape index (κ3) is 1.76. The second-order valence-corrected chi connectivity index (χ2v) is 3.71. The van der Waals surface area contributed by atoms with Gasteiger partial charge in [-0.05, 0) is 20.3 Å². The van der Waals surface area contributed by atoms with Crippen LogP contribution in [0, 0.1) is 0 Å². The second kappa shape index (κ2) is 2.71. The van der Waals surface area contributed by atoms with E-state index in [1.54, 1.807) is 0 Å². The first-order chi connectivity index (χ1) is 5.36. The van der Waals surface area contributed by atoms with Gasteiger partial charge >= 0.3 is 5.97 Å². The van der Waals surface area contributed by atoms with Crippen molar-refractivity contribution >= 4 is 5.97 Å². The van der Waals surface area contributed by atoms with E-state index in [-0.39, 0.29) is 0 Å². The number of aliphatic carboxylic acids is 1. The van der Waals surface area contributed by atoms with E-state index in [9.17, 15) is 4.79 Å². The fraction of sp³-hybridized carbons (Fsp3) is 0.875. The molecule has 0 spiro atoms. The molecule has 1 atom stereocenters. The van der Waals surface area contributed by atoms with Crippen molar-refractivity contribution in [1.29, 1.82) is 0 Å². The van der Waals surface area contributed by atoms with E-state index in [0.717, 1.165) is 6.42 Å². The van der Waals surface area contributed by atoms with Crippen molar-refractivity contribution in [3.05, 3.63) is 0 Å². The molecule has 1 aliphatic rings. The molecule has 1 rings (SSSR count). The molecule has 1 aliphatic heterocycles. The highest BCUT2D eigenvalue weighted by Gasteiger charge is 2.44. The first kappa shape index (κ1) is 9.48. The summed E-state index contributed by atoms with van der Waals surface area (Å²) < 4.78 is 10.3. The molecule has 1 unspecified atom stereocenters. The Balaban J connectivity index is 2.74. The molecule has 1 fully saturated rings. The van der Waals surface area contributed by atoms with Gasteiger partial charge in [0.2, 0.25) is 0 Å². The topological polar surface area (TPSA) is 55.8 Å². The monoisotopic (exact) mass is 174 g/mol. The molecule has 4 heteroatoms. The van der Waals surface area contributed by atoms with Crippen molar-refractivity contribution in [3.8, 4) is 0 Å². The fourth-order valence-corrected chi connectivity index (χ4v) is 1.20. The molecule has 70 valence electrons. The number of carboxylic acids is 1. The van der Waals surface area contributed by atoms with Gasteiger partial charge in [0.15, 0.2) is 0 Å². The summed E-state index contributed by atoms with van der Waals surface area (Å²) in [6.07, 6.45) is 0.718. The summed E-state index contributed by atoms with van der Waals surface area (Å²) in [6, 6.07) is 0. The van der Waals surface area contributed by atoms with Gasteiger partial charge in [0.05, 0.1) is 12.2 Å². The Bertz CT molecular complexity index is 199. The van der Waals surface area contributed by atoms with Crippen LogP contribution in [0.2, 0.25) is 0 Å². The molecule has 0 aromatic heterocycles. The lowest BCUT2D eigenvalue weighted by molar-refractivity contribution is -0.302. The summed E-state index contributed by atoms with van der Waals surface area (Å²) in [5.74, 6) is -2.54. The average Bonchev–Trinajstić information content (AvgIpc) is 1.83. The Morgan fingerprint density at radius 1 is 1.42 bits per heavy atom. The van der Waals surface area contributed by atoms with Gasteiger partial charge in [-0.3, -0.25) is 0 Å². The highest BCUT2D eigenvalue weighted by atomic mass is 16.7. The smallest absolute Gasteiger partial charge is 0.364 e. The van der Waals surface area contributed by atoms with Crippen LogP contribution in [0.4, 0.5) is 0 Å². The quantitative estimate of drug-likeness (QED) is 0.644. The van der Waals surface area contributed by atoms with Crippen LogP contribution in [-0.2, 0) is 14.3 Å². The average molecular weight is 174 g/mol. The molecule has 0 aromatic rings. The van der Waals surface area contributed by atoms with Crippen LogP contribution >= 0.6 is 0 Å². The van der Waals surface area contributed by atoms with Gasteiger partial charge < -0.3 is 14.6 Å². The first-order valence-corrected chi connectivity index (χ1v) is 3.93. The molecule has 1 N–H and O–H groups in total. The van der Waals surface area contributed by atoms with Gasteiger partial charge in [-0.1, -0.05) is 0 Å². The van der Waals surface area contributed by atoms with E-state index in [4.69, 9.17) is 14.6 Å². The molecular formula is C8H14O4. The standard InChI is InChI=1S/C8H14O4/c1-7(2)4-5-11-8(3,12-7)6(9)10/h4-5H2,1-3H3,(H,9,10). The lowest BCUT2D eigenvalue weighted by atomic mass is 10.0. The Morgan fingerprint density at radius 2 is 2.00 bits per heavy atom. The summed E-state index contributed by atoms with van der Waals surface area (Å²) in [7, 11) is 0. The van der Waals surface area contributed by atoms with Crippen LogP contribution in [0.1, 0.15) is 27.2 Å². The highest BCUT2D eigenvalue weighted by molar-refractivity contribution is 5.75. The van der Waals surface area contributed by atoms with Crippen LogP contribution in [0.15, 0.2) is 0 Å². The molecule has 0 amide bonds. The Morgan fingerprint density at radius 3 is 2.33 bits per heavy atom. The minimum Gasteiger partial charge on any atom is -0.477 e. The molecule has 0 saturated carbocycles. The van der Waals surface area contributed by atoms with Gasteiger partial charge in [0.1, 0.15) is 0 Å². The molecular weight excluding hydrogens is 160 g/mol. The maximum atomic E-state index is 10.7. The van der Waals surface area contributed by atoms with Gasteiger partial charge in [0.25, 0.3) is 5.79 Å². The van der Waals surface area contributed by atoms with E-state index in [1.165, 1.54) is 6.92 Å². The molecule has 12 heavy (non-hydrogen) atoms. The number of hydrogen-bond donors (Lipinski definition) is 1. The largest absolute Gasteiger partial charge is 0.477 e. The van der Waals surface area contributed by atoms with Crippen molar-refractivity contribution in [2.45, 2.75) is 38.6 Å². The van der Waals surface area contributed by atoms with E-state index < -0.39 is 17.4 Å². The zero-order chi connectivity index (χ0) is 9.41. The Labute approximate surface area is 71.5 Å². The predicted octanol–water partition coefficient (Wildman–Crippen LogP) is 1.00. The van der Waals surface area contributed by atoms with Crippen LogP contribution in [0.3, 0.4) is 0 Å². The number of rotatable bonds is 1. The zero-order valence-corrected chi connectivity index (χ0v) is 7.59. The summed E-state index contributed by atoms with van der Waals surface area (Å²) in [4.78, 5) is 10.7. The number of ether oxygens (including phenoxy) is 2. The van der Waals surface area contributed by atoms with E-state index in [2.05, 4.69) is 0 Å². The van der Waals surface area contributed by atoms with Crippen LogP contribution in [0.25, 0.3) is 0 Å². The molecule has 1 heterocycles. The van der Waals surface area contributed by atoms with Crippen LogP contribution in [0.5, 0.6) is 0 Å². The Kier molecular flexibility index (Phi) is 2.14. The minimum absolute atomic E-state index is 0.411. The summed E-state index contributed by atoms with van der Waals surface area (Å²) in [5.41, 5.74) is -0.411. The first-order valence-electron chi connectivity index (χ1n) is 3.93. The number of hydrogen-bond acceptors (Lipinski definition) is 3. The maximum Gasteiger partial charge on any atom is 0.364 e. The summed E-state index contributed by atoms with van der Waals surface area (Å²) in [5, 5.41) is 8.78. The van der Waals surface area contributed by atoms with E-state index >= 15 is 0 Å². The molecule has 0 radical (unpaired) electrons. The molecule has 0 bridgehead atoms. The van der Waals surface area contributed by atoms with Crippen molar-refractivity contribution in [2.75, 3.05) is 6.61 Å². The molecule has 4 nitrogen and oxygen atoms in total. The van der Waals surface area contributed by atoms with Gasteiger partial charge in [0, 0.05) is 6.92 Å². The normalized spacial score (nSPS) is 34.6. The van der Waals surface area contributed by atoms with Crippen molar-refractivity contribution in [1.82, 2.24) is 0 Å². The molecule has 0 aromatic carbocycles. The van der Waals surface area contributed by atoms with Gasteiger partial charge in [-0.2, -0.15) is 0 Å². The molecule has 1 saturated heterocycles. The number of carbonyl (C=O) groups is 1. The lowest BCUT2D eigenvalue weighted by Crippen LogP contribution is -2.52.